The summed E-state index contributed by atoms with van der Waals surface area (Å²) in [5.74, 6) is 1.07. The van der Waals surface area contributed by atoms with Crippen molar-refractivity contribution in [3.63, 3.8) is 0 Å². The van der Waals surface area contributed by atoms with Crippen LogP contribution >= 0.6 is 0 Å². The molecule has 6 nitrogen and oxygen atoms in total. The minimum absolute atomic E-state index is 0.0188. The van der Waals surface area contributed by atoms with Crippen molar-refractivity contribution in [2.45, 2.75) is 64.2 Å². The second kappa shape index (κ2) is 11.2. The number of nitrogens with one attached hydrogen (secondary N) is 2. The lowest BCUT2D eigenvalue weighted by atomic mass is 9.68. The van der Waals surface area contributed by atoms with Crippen LogP contribution in [0.15, 0.2) is 24.3 Å². The van der Waals surface area contributed by atoms with Crippen LogP contribution < -0.4 is 10.6 Å². The van der Waals surface area contributed by atoms with E-state index in [2.05, 4.69) is 35.4 Å². The van der Waals surface area contributed by atoms with Crippen molar-refractivity contribution in [1.82, 2.24) is 15.5 Å². The Hall–Kier alpha value is -2.08. The molecule has 0 aromatic heterocycles. The van der Waals surface area contributed by atoms with E-state index in [0.29, 0.717) is 17.6 Å². The van der Waals surface area contributed by atoms with Gasteiger partial charge in [-0.05, 0) is 73.7 Å². The van der Waals surface area contributed by atoms with Gasteiger partial charge in [0.2, 0.25) is 11.8 Å². The van der Waals surface area contributed by atoms with Gasteiger partial charge < -0.3 is 20.6 Å². The molecule has 1 aliphatic carbocycles. The lowest BCUT2D eigenvalue weighted by Gasteiger charge is -2.45. The van der Waals surface area contributed by atoms with Gasteiger partial charge in [0.1, 0.15) is 5.75 Å². The van der Waals surface area contributed by atoms with Gasteiger partial charge in [0.25, 0.3) is 0 Å². The van der Waals surface area contributed by atoms with Gasteiger partial charge in [-0.15, -0.1) is 0 Å². The number of aromatic hydroxyl groups is 1. The van der Waals surface area contributed by atoms with Crippen LogP contribution in [0.3, 0.4) is 0 Å². The summed E-state index contributed by atoms with van der Waals surface area (Å²) in [5.41, 5.74) is 1.25. The number of amides is 2. The van der Waals surface area contributed by atoms with Gasteiger partial charge in [0, 0.05) is 19.5 Å². The Morgan fingerprint density at radius 1 is 1.25 bits per heavy atom. The monoisotopic (exact) mass is 443 g/mol. The molecule has 1 heterocycles. The van der Waals surface area contributed by atoms with Gasteiger partial charge >= 0.3 is 0 Å². The quantitative estimate of drug-likeness (QED) is 0.575. The maximum atomic E-state index is 13.0. The number of phenols is 1. The van der Waals surface area contributed by atoms with Crippen LogP contribution in [-0.4, -0.2) is 55.0 Å². The van der Waals surface area contributed by atoms with Crippen LogP contribution in [-0.2, 0) is 15.0 Å². The third-order valence-corrected chi connectivity index (χ3v) is 8.09. The molecule has 2 fully saturated rings. The normalized spacial score (nSPS) is 25.8. The largest absolute Gasteiger partial charge is 0.508 e. The standard InChI is InChI=1S/C26H41N3O3/c1-19-18-29(15-13-26(19,2)21-10-7-11-22(30)16-21)14-12-23(20-8-5-4-6-9-20)25(32)28-17-24(31)27-3/h7,10-11,16,19-20,23,30H,4-6,8-9,12-15,17-18H2,1-3H3,(H,27,31)(H,28,32). The highest BCUT2D eigenvalue weighted by atomic mass is 16.3. The summed E-state index contributed by atoms with van der Waals surface area (Å²) < 4.78 is 0. The van der Waals surface area contributed by atoms with Crippen LogP contribution in [0.1, 0.15) is 64.4 Å². The number of rotatable bonds is 8. The average Bonchev–Trinajstić information content (AvgIpc) is 2.80. The SMILES string of the molecule is CNC(=O)CNC(=O)C(CCN1CCC(C)(c2cccc(O)c2)C(C)C1)C1CCCCC1. The predicted molar refractivity (Wildman–Crippen MR) is 127 cm³/mol. The molecule has 3 N–H and O–H groups in total. The van der Waals surface area contributed by atoms with Crippen molar-refractivity contribution >= 4 is 11.8 Å². The molecule has 1 aromatic rings. The summed E-state index contributed by atoms with van der Waals surface area (Å²) >= 11 is 0. The maximum absolute atomic E-state index is 13.0. The second-order valence-corrected chi connectivity index (χ2v) is 10.1. The summed E-state index contributed by atoms with van der Waals surface area (Å²) in [7, 11) is 1.59. The molecule has 1 saturated carbocycles. The molecule has 3 rings (SSSR count). The minimum Gasteiger partial charge on any atom is -0.508 e. The summed E-state index contributed by atoms with van der Waals surface area (Å²) in [4.78, 5) is 27.1. The van der Waals surface area contributed by atoms with Crippen molar-refractivity contribution in [3.8, 4) is 5.75 Å². The van der Waals surface area contributed by atoms with Crippen LogP contribution in [0, 0.1) is 17.8 Å². The molecule has 1 saturated heterocycles. The van der Waals surface area contributed by atoms with Crippen molar-refractivity contribution in [2.24, 2.45) is 17.8 Å². The third-order valence-electron chi connectivity index (χ3n) is 8.09. The van der Waals surface area contributed by atoms with Crippen molar-refractivity contribution in [2.75, 3.05) is 33.2 Å². The van der Waals surface area contributed by atoms with E-state index in [0.717, 1.165) is 45.3 Å². The molecule has 178 valence electrons. The zero-order valence-corrected chi connectivity index (χ0v) is 20.0. The van der Waals surface area contributed by atoms with Gasteiger partial charge in [0.05, 0.1) is 6.54 Å². The summed E-state index contributed by atoms with van der Waals surface area (Å²) in [6.45, 7) is 7.56. The topological polar surface area (TPSA) is 81.7 Å². The van der Waals surface area contributed by atoms with Crippen LogP contribution in [0.25, 0.3) is 0 Å². The Morgan fingerprint density at radius 3 is 2.66 bits per heavy atom. The smallest absolute Gasteiger partial charge is 0.239 e. The van der Waals surface area contributed by atoms with Crippen LogP contribution in [0.5, 0.6) is 5.75 Å². The Labute approximate surface area is 193 Å². The van der Waals surface area contributed by atoms with Crippen molar-refractivity contribution in [1.29, 1.82) is 0 Å². The van der Waals surface area contributed by atoms with Crippen molar-refractivity contribution < 1.29 is 14.7 Å². The van der Waals surface area contributed by atoms with E-state index in [1.54, 1.807) is 13.1 Å². The molecule has 2 amide bonds. The first kappa shape index (κ1) is 24.6. The molecule has 1 aliphatic heterocycles. The fourth-order valence-electron chi connectivity index (χ4n) is 5.64. The first-order valence-electron chi connectivity index (χ1n) is 12.3. The van der Waals surface area contributed by atoms with Gasteiger partial charge in [-0.25, -0.2) is 0 Å². The number of piperidine rings is 1. The zero-order valence-electron chi connectivity index (χ0n) is 20.0. The Morgan fingerprint density at radius 2 is 2.00 bits per heavy atom. The van der Waals surface area contributed by atoms with E-state index in [-0.39, 0.29) is 29.7 Å². The number of hydrogen-bond acceptors (Lipinski definition) is 4. The highest BCUT2D eigenvalue weighted by Crippen LogP contribution is 2.40. The minimum atomic E-state index is -0.156. The number of benzene rings is 1. The number of likely N-dealkylation sites (tertiary alicyclic amines) is 1. The van der Waals surface area contributed by atoms with E-state index in [4.69, 9.17) is 0 Å². The average molecular weight is 444 g/mol. The number of nitrogens with zero attached hydrogens (tertiary/aromatic N) is 1. The van der Waals surface area contributed by atoms with Gasteiger partial charge in [0.15, 0.2) is 0 Å². The fraction of sp³-hybridized carbons (Fsp3) is 0.692. The molecule has 0 spiro atoms. The highest BCUT2D eigenvalue weighted by Gasteiger charge is 2.38. The lowest BCUT2D eigenvalue weighted by Crippen LogP contribution is -2.48. The van der Waals surface area contributed by atoms with E-state index >= 15 is 0 Å². The number of carbonyl (C=O) groups is 2. The van der Waals surface area contributed by atoms with Gasteiger partial charge in [-0.3, -0.25) is 9.59 Å². The summed E-state index contributed by atoms with van der Waals surface area (Å²) in [6.07, 6.45) is 7.78. The van der Waals surface area contributed by atoms with E-state index in [9.17, 15) is 14.7 Å². The van der Waals surface area contributed by atoms with Crippen LogP contribution in [0.4, 0.5) is 0 Å². The molecule has 0 radical (unpaired) electrons. The fourth-order valence-corrected chi connectivity index (χ4v) is 5.64. The third kappa shape index (κ3) is 6.03. The van der Waals surface area contributed by atoms with Gasteiger partial charge in [-0.2, -0.15) is 0 Å². The molecular formula is C26H41N3O3. The Bertz CT molecular complexity index is 777. The summed E-state index contributed by atoms with van der Waals surface area (Å²) in [5, 5.41) is 15.4. The molecule has 2 aliphatic rings. The van der Waals surface area contributed by atoms with Crippen molar-refractivity contribution in [3.05, 3.63) is 29.8 Å². The molecule has 3 unspecified atom stereocenters. The molecule has 32 heavy (non-hydrogen) atoms. The maximum Gasteiger partial charge on any atom is 0.239 e. The number of hydrogen-bond donors (Lipinski definition) is 3. The Kier molecular flexibility index (Phi) is 8.57. The highest BCUT2D eigenvalue weighted by molar-refractivity contribution is 5.85. The lowest BCUT2D eigenvalue weighted by molar-refractivity contribution is -0.130. The molecule has 6 heteroatoms. The first-order chi connectivity index (χ1) is 15.3. The van der Waals surface area contributed by atoms with E-state index in [1.807, 2.05) is 12.1 Å². The number of likely N-dealkylation sites (N-methyl/N-ethyl adjacent to an activating group) is 1. The van der Waals surface area contributed by atoms with E-state index in [1.165, 1.54) is 24.8 Å². The molecule has 0 bridgehead atoms. The first-order valence-corrected chi connectivity index (χ1v) is 12.3. The Balaban J connectivity index is 1.59. The number of carbonyl (C=O) groups excluding carboxylic acids is 2. The van der Waals surface area contributed by atoms with Gasteiger partial charge in [-0.1, -0.05) is 45.2 Å². The van der Waals surface area contributed by atoms with E-state index < -0.39 is 0 Å². The second-order valence-electron chi connectivity index (χ2n) is 10.1. The predicted octanol–water partition coefficient (Wildman–Crippen LogP) is 3.44. The molecule has 3 atom stereocenters. The van der Waals surface area contributed by atoms with Crippen LogP contribution in [0.2, 0.25) is 0 Å². The summed E-state index contributed by atoms with van der Waals surface area (Å²) in [6, 6.07) is 7.69. The zero-order chi connectivity index (χ0) is 23.1. The number of phenolic OH excluding ortho intramolecular Hbond substituents is 1. The molecular weight excluding hydrogens is 402 g/mol. The molecule has 1 aromatic carbocycles.